The molecule has 2 aliphatic rings. The lowest BCUT2D eigenvalue weighted by molar-refractivity contribution is -0.138. The second-order valence-electron chi connectivity index (χ2n) is 10.5. The van der Waals surface area contributed by atoms with Gasteiger partial charge in [0.1, 0.15) is 5.82 Å². The molecule has 0 radical (unpaired) electrons. The van der Waals surface area contributed by atoms with Gasteiger partial charge in [-0.2, -0.15) is 0 Å². The van der Waals surface area contributed by atoms with Crippen LogP contribution in [0, 0.1) is 11.7 Å². The summed E-state index contributed by atoms with van der Waals surface area (Å²) in [5.74, 6) is -0.0235. The predicted octanol–water partition coefficient (Wildman–Crippen LogP) is 5.42. The smallest absolute Gasteiger partial charge is 0.317 e. The molecule has 2 aromatic carbocycles. The molecule has 3 aromatic rings. The molecule has 7 heteroatoms. The van der Waals surface area contributed by atoms with Gasteiger partial charge in [0.2, 0.25) is 0 Å². The van der Waals surface area contributed by atoms with Crippen LogP contribution < -0.4 is 0 Å². The molecule has 2 aliphatic heterocycles. The van der Waals surface area contributed by atoms with Gasteiger partial charge in [-0.1, -0.05) is 49.4 Å². The molecule has 5 nitrogen and oxygen atoms in total. The lowest BCUT2D eigenvalue weighted by Crippen LogP contribution is -2.38. The van der Waals surface area contributed by atoms with Gasteiger partial charge in [-0.05, 0) is 67.4 Å². The first-order chi connectivity index (χ1) is 18.0. The lowest BCUT2D eigenvalue weighted by Gasteiger charge is -2.34. The molecule has 2 atom stereocenters. The Bertz CT molecular complexity index is 1190. The van der Waals surface area contributed by atoms with Crippen LogP contribution in [0.1, 0.15) is 58.3 Å². The van der Waals surface area contributed by atoms with E-state index in [1.165, 1.54) is 27.2 Å². The van der Waals surface area contributed by atoms with Gasteiger partial charge >= 0.3 is 5.97 Å². The molecule has 0 aliphatic carbocycles. The summed E-state index contributed by atoms with van der Waals surface area (Å²) in [5.41, 5.74) is 3.55. The van der Waals surface area contributed by atoms with E-state index in [4.69, 9.17) is 4.98 Å². The van der Waals surface area contributed by atoms with Crippen LogP contribution in [-0.2, 0) is 17.6 Å². The highest BCUT2D eigenvalue weighted by Gasteiger charge is 2.36. The molecule has 1 aromatic heterocycles. The van der Waals surface area contributed by atoms with Gasteiger partial charge in [-0.3, -0.25) is 9.69 Å². The van der Waals surface area contributed by atoms with E-state index in [1.807, 2.05) is 22.3 Å². The average molecular weight is 522 g/mol. The van der Waals surface area contributed by atoms with Gasteiger partial charge in [0, 0.05) is 36.9 Å². The zero-order valence-corrected chi connectivity index (χ0v) is 22.3. The number of carboxylic acids is 1. The summed E-state index contributed by atoms with van der Waals surface area (Å²) < 4.78 is 14.0. The van der Waals surface area contributed by atoms with E-state index in [0.29, 0.717) is 18.4 Å². The molecule has 2 fully saturated rings. The third kappa shape index (κ3) is 6.46. The number of rotatable bonds is 9. The fraction of sp³-hybridized carbons (Fsp3) is 0.467. The normalized spacial score (nSPS) is 21.5. The van der Waals surface area contributed by atoms with E-state index < -0.39 is 5.97 Å². The molecule has 2 saturated heterocycles. The van der Waals surface area contributed by atoms with Gasteiger partial charge in [-0.15, -0.1) is 11.3 Å². The predicted molar refractivity (Wildman–Crippen MR) is 146 cm³/mol. The van der Waals surface area contributed by atoms with Crippen molar-refractivity contribution in [2.75, 3.05) is 39.3 Å². The summed E-state index contributed by atoms with van der Waals surface area (Å²) in [4.78, 5) is 22.4. The lowest BCUT2D eigenvalue weighted by atomic mass is 9.87. The fourth-order valence-electron chi connectivity index (χ4n) is 6.12. The Balaban J connectivity index is 1.22. The number of aryl methyl sites for hydroxylation is 1. The Morgan fingerprint density at radius 2 is 1.86 bits per heavy atom. The van der Waals surface area contributed by atoms with Crippen molar-refractivity contribution in [2.24, 2.45) is 5.92 Å². The molecular formula is C30H36FN3O2S. The summed E-state index contributed by atoms with van der Waals surface area (Å²) in [6, 6.07) is 17.4. The third-order valence-corrected chi connectivity index (χ3v) is 9.17. The minimum Gasteiger partial charge on any atom is -0.480 e. The Morgan fingerprint density at radius 1 is 1.08 bits per heavy atom. The summed E-state index contributed by atoms with van der Waals surface area (Å²) in [6.07, 6.45) is 4.11. The maximum atomic E-state index is 14.0. The van der Waals surface area contributed by atoms with Crippen LogP contribution in [-0.4, -0.2) is 65.1 Å². The monoisotopic (exact) mass is 521 g/mol. The quantitative estimate of drug-likeness (QED) is 0.408. The number of nitrogens with zero attached hydrogens (tertiary/aromatic N) is 3. The number of carbonyl (C=O) groups is 1. The molecule has 3 heterocycles. The third-order valence-electron chi connectivity index (χ3n) is 7.91. The van der Waals surface area contributed by atoms with Gasteiger partial charge < -0.3 is 10.0 Å². The standard InChI is InChI=1S/C30H36FN3O2S/c1-2-27-30(37-28(32-27)15-21-7-4-3-5-8-21)22-11-13-33(14-12-22)17-24-18-34(20-29(35)36)19-26(24)23-9-6-10-25(31)16-23/h3-10,16,22,24,26H,2,11-15,17-20H2,1H3,(H,35,36). The van der Waals surface area contributed by atoms with Gasteiger partial charge in [0.15, 0.2) is 0 Å². The van der Waals surface area contributed by atoms with Crippen LogP contribution in [0.4, 0.5) is 4.39 Å². The van der Waals surface area contributed by atoms with Crippen LogP contribution >= 0.6 is 11.3 Å². The Labute approximate surface area is 223 Å². The molecule has 37 heavy (non-hydrogen) atoms. The molecule has 0 spiro atoms. The minimum absolute atomic E-state index is 0.0425. The Hall–Kier alpha value is -2.61. The molecule has 0 saturated carbocycles. The fourth-order valence-corrected chi connectivity index (χ4v) is 7.48. The topological polar surface area (TPSA) is 56.7 Å². The summed E-state index contributed by atoms with van der Waals surface area (Å²) in [5, 5.41) is 10.5. The van der Waals surface area contributed by atoms with Crippen molar-refractivity contribution < 1.29 is 14.3 Å². The number of hydrogen-bond acceptors (Lipinski definition) is 5. The van der Waals surface area contributed by atoms with E-state index in [1.54, 1.807) is 12.1 Å². The van der Waals surface area contributed by atoms with E-state index >= 15 is 0 Å². The highest BCUT2D eigenvalue weighted by Crippen LogP contribution is 2.38. The van der Waals surface area contributed by atoms with Crippen molar-refractivity contribution >= 4 is 17.3 Å². The van der Waals surface area contributed by atoms with Crippen molar-refractivity contribution in [3.63, 3.8) is 0 Å². The summed E-state index contributed by atoms with van der Waals surface area (Å²) in [7, 11) is 0. The number of carboxylic acid groups (broad SMARTS) is 1. The molecule has 0 amide bonds. The average Bonchev–Trinajstić information content (AvgIpc) is 3.48. The zero-order chi connectivity index (χ0) is 25.8. The molecule has 5 rings (SSSR count). The second-order valence-corrected chi connectivity index (χ2v) is 11.6. The largest absolute Gasteiger partial charge is 0.480 e. The number of hydrogen-bond donors (Lipinski definition) is 1. The van der Waals surface area contributed by atoms with Crippen molar-refractivity contribution in [3.8, 4) is 0 Å². The number of aromatic nitrogens is 1. The van der Waals surface area contributed by atoms with Crippen molar-refractivity contribution in [1.29, 1.82) is 0 Å². The van der Waals surface area contributed by atoms with Crippen LogP contribution in [0.5, 0.6) is 0 Å². The van der Waals surface area contributed by atoms with Gasteiger partial charge in [0.05, 0.1) is 17.2 Å². The maximum absolute atomic E-state index is 14.0. The highest BCUT2D eigenvalue weighted by atomic mass is 32.1. The number of benzene rings is 2. The first-order valence-electron chi connectivity index (χ1n) is 13.4. The first kappa shape index (κ1) is 26.0. The molecule has 196 valence electrons. The Kier molecular flexibility index (Phi) is 8.33. The van der Waals surface area contributed by atoms with Gasteiger partial charge in [-0.25, -0.2) is 9.37 Å². The number of piperidine rings is 1. The number of halogens is 1. The van der Waals surface area contributed by atoms with Gasteiger partial charge in [0.25, 0.3) is 0 Å². The molecule has 2 unspecified atom stereocenters. The van der Waals surface area contributed by atoms with Crippen LogP contribution in [0.15, 0.2) is 54.6 Å². The number of aliphatic carboxylic acids is 1. The van der Waals surface area contributed by atoms with E-state index in [-0.39, 0.29) is 18.3 Å². The molecular weight excluding hydrogens is 485 g/mol. The summed E-state index contributed by atoms with van der Waals surface area (Å²) >= 11 is 1.90. The Morgan fingerprint density at radius 3 is 2.57 bits per heavy atom. The highest BCUT2D eigenvalue weighted by molar-refractivity contribution is 7.11. The van der Waals surface area contributed by atoms with E-state index in [0.717, 1.165) is 57.4 Å². The number of likely N-dealkylation sites (tertiary alicyclic amines) is 2. The molecule has 0 bridgehead atoms. The zero-order valence-electron chi connectivity index (χ0n) is 21.5. The number of thiazole rings is 1. The second kappa shape index (κ2) is 11.8. The van der Waals surface area contributed by atoms with E-state index in [9.17, 15) is 14.3 Å². The minimum atomic E-state index is -0.803. The van der Waals surface area contributed by atoms with Crippen LogP contribution in [0.25, 0.3) is 0 Å². The van der Waals surface area contributed by atoms with Crippen LogP contribution in [0.2, 0.25) is 0 Å². The molecule has 1 N–H and O–H groups in total. The summed E-state index contributed by atoms with van der Waals surface area (Å²) in [6.45, 7) is 6.64. The maximum Gasteiger partial charge on any atom is 0.317 e. The first-order valence-corrected chi connectivity index (χ1v) is 14.2. The van der Waals surface area contributed by atoms with Crippen molar-refractivity contribution in [2.45, 2.75) is 44.4 Å². The van der Waals surface area contributed by atoms with Crippen molar-refractivity contribution in [1.82, 2.24) is 14.8 Å². The van der Waals surface area contributed by atoms with E-state index in [2.05, 4.69) is 42.2 Å². The van der Waals surface area contributed by atoms with Crippen LogP contribution in [0.3, 0.4) is 0 Å². The van der Waals surface area contributed by atoms with Crippen molar-refractivity contribution in [3.05, 3.63) is 87.1 Å². The SMILES string of the molecule is CCc1nc(Cc2ccccc2)sc1C1CCN(CC2CN(CC(=O)O)CC2c2cccc(F)c2)CC1.